The van der Waals surface area contributed by atoms with Crippen LogP contribution >= 0.6 is 23.6 Å². The molecule has 2 saturated heterocycles. The Kier molecular flexibility index (Phi) is 17.9. The molecule has 2 aliphatic rings. The summed E-state index contributed by atoms with van der Waals surface area (Å²) >= 11 is 7.20. The number of aryl methyl sites for hydroxylation is 1. The fraction of sp³-hybridized carbons (Fsp3) is 0.481. The fourth-order valence-electron chi connectivity index (χ4n) is 8.45. The van der Waals surface area contributed by atoms with Crippen molar-refractivity contribution in [3.05, 3.63) is 94.6 Å². The number of benzene rings is 3. The monoisotopic (exact) mass is 1030 g/mol. The number of carbonyl (C=O) groups excluding carboxylic acids is 4. The molecule has 72 heavy (non-hydrogen) atoms. The molecule has 4 aromatic rings. The molecule has 2 N–H and O–H groups in total. The van der Waals surface area contributed by atoms with Gasteiger partial charge in [-0.2, -0.15) is 18.4 Å². The Balaban J connectivity index is 0.898. The van der Waals surface area contributed by atoms with Crippen LogP contribution in [0.5, 0.6) is 5.75 Å². The van der Waals surface area contributed by atoms with Gasteiger partial charge in [0.05, 0.1) is 71.0 Å². The second-order valence-corrected chi connectivity index (χ2v) is 21.0. The molecular formula is C52H62F3N7O8S2. The van der Waals surface area contributed by atoms with E-state index in [-0.39, 0.29) is 67.7 Å². The normalized spacial score (nSPS) is 18.2. The van der Waals surface area contributed by atoms with Crippen molar-refractivity contribution in [3.63, 3.8) is 0 Å². The van der Waals surface area contributed by atoms with Gasteiger partial charge >= 0.3 is 6.18 Å². The fourth-order valence-corrected chi connectivity index (χ4v) is 9.78. The predicted molar refractivity (Wildman–Crippen MR) is 271 cm³/mol. The molecule has 6 rings (SSSR count). The maximum absolute atomic E-state index is 14.1. The zero-order valence-electron chi connectivity index (χ0n) is 41.9. The van der Waals surface area contributed by atoms with Crippen LogP contribution in [-0.4, -0.2) is 108 Å². The van der Waals surface area contributed by atoms with Gasteiger partial charge in [-0.25, -0.2) is 4.98 Å². The highest BCUT2D eigenvalue weighted by Gasteiger charge is 2.51. The quantitative estimate of drug-likeness (QED) is 0.0642. The molecule has 0 spiro atoms. The van der Waals surface area contributed by atoms with Gasteiger partial charge in [0.2, 0.25) is 17.7 Å². The maximum Gasteiger partial charge on any atom is 0.417 e. The predicted octanol–water partition coefficient (Wildman–Crippen LogP) is 8.22. The van der Waals surface area contributed by atoms with Crippen LogP contribution in [0.4, 0.5) is 24.5 Å². The molecular weight excluding hydrogens is 972 g/mol. The highest BCUT2D eigenvalue weighted by Crippen LogP contribution is 2.40. The Morgan fingerprint density at radius 3 is 2.26 bits per heavy atom. The van der Waals surface area contributed by atoms with Crippen molar-refractivity contribution in [2.75, 3.05) is 49.4 Å². The first kappa shape index (κ1) is 55.3. The molecule has 15 nitrogen and oxygen atoms in total. The lowest BCUT2D eigenvalue weighted by atomic mass is 9.85. The van der Waals surface area contributed by atoms with Gasteiger partial charge in [0, 0.05) is 18.8 Å². The first-order valence-electron chi connectivity index (χ1n) is 23.6. The topological polar surface area (TPSA) is 176 Å². The second-order valence-electron chi connectivity index (χ2n) is 19.7. The number of aromatic nitrogens is 1. The highest BCUT2D eigenvalue weighted by atomic mass is 32.1. The number of ether oxygens (including phenoxy) is 4. The lowest BCUT2D eigenvalue weighted by Gasteiger charge is -2.35. The van der Waals surface area contributed by atoms with Crippen LogP contribution in [-0.2, 0) is 46.1 Å². The summed E-state index contributed by atoms with van der Waals surface area (Å²) in [4.78, 5) is 64.1. The molecule has 2 aliphatic heterocycles. The average Bonchev–Trinajstić information content (AvgIpc) is 4.00. The maximum atomic E-state index is 14.1. The van der Waals surface area contributed by atoms with Gasteiger partial charge in [-0.15, -0.1) is 11.3 Å². The van der Waals surface area contributed by atoms with E-state index in [1.54, 1.807) is 72.2 Å². The number of thiocarbonyl (C=S) groups is 1. The van der Waals surface area contributed by atoms with E-state index >= 15 is 0 Å². The number of amides is 4. The number of hydrogen-bond donors (Lipinski definition) is 2. The molecule has 2 fully saturated rings. The summed E-state index contributed by atoms with van der Waals surface area (Å²) in [5, 5.41) is 15.1. The minimum Gasteiger partial charge on any atom is -0.491 e. The molecule has 4 amide bonds. The third kappa shape index (κ3) is 13.3. The smallest absolute Gasteiger partial charge is 0.417 e. The summed E-state index contributed by atoms with van der Waals surface area (Å²) in [6.45, 7) is 17.7. The summed E-state index contributed by atoms with van der Waals surface area (Å²) in [7, 11) is 0. The summed E-state index contributed by atoms with van der Waals surface area (Å²) in [6, 6.07) is 17.7. The summed E-state index contributed by atoms with van der Waals surface area (Å²) < 4.78 is 64.5. The van der Waals surface area contributed by atoms with E-state index in [2.05, 4.69) is 15.6 Å². The van der Waals surface area contributed by atoms with Crippen molar-refractivity contribution in [1.82, 2.24) is 20.5 Å². The lowest BCUT2D eigenvalue weighted by molar-refractivity contribution is -0.145. The second kappa shape index (κ2) is 23.3. The average molecular weight is 1030 g/mol. The largest absolute Gasteiger partial charge is 0.491 e. The van der Waals surface area contributed by atoms with Crippen molar-refractivity contribution in [2.45, 2.75) is 111 Å². The van der Waals surface area contributed by atoms with E-state index in [0.717, 1.165) is 38.7 Å². The van der Waals surface area contributed by atoms with E-state index in [0.29, 0.717) is 30.9 Å². The number of halogens is 3. The van der Waals surface area contributed by atoms with Crippen LogP contribution < -0.4 is 25.2 Å². The van der Waals surface area contributed by atoms with Gasteiger partial charge in [-0.1, -0.05) is 52.0 Å². The van der Waals surface area contributed by atoms with Crippen molar-refractivity contribution < 1.29 is 51.3 Å². The lowest BCUT2D eigenvalue weighted by Crippen LogP contribution is -2.58. The molecule has 0 radical (unpaired) electrons. The van der Waals surface area contributed by atoms with Gasteiger partial charge in [0.1, 0.15) is 36.6 Å². The zero-order chi connectivity index (χ0) is 52.7. The van der Waals surface area contributed by atoms with Crippen LogP contribution in [0.2, 0.25) is 0 Å². The number of anilines is 2. The number of carbonyl (C=O) groups is 4. The minimum absolute atomic E-state index is 0.0198. The molecule has 0 aliphatic carbocycles. The number of hydrogen-bond acceptors (Lipinski definition) is 12. The number of rotatable bonds is 20. The van der Waals surface area contributed by atoms with Crippen molar-refractivity contribution in [3.8, 4) is 22.3 Å². The van der Waals surface area contributed by atoms with Gasteiger partial charge in [-0.05, 0) is 118 Å². The first-order valence-corrected chi connectivity index (χ1v) is 24.9. The van der Waals surface area contributed by atoms with Crippen molar-refractivity contribution in [1.29, 1.82) is 5.26 Å². The van der Waals surface area contributed by atoms with Crippen LogP contribution in [0, 0.1) is 29.6 Å². The number of likely N-dealkylation sites (tertiary alicyclic amines) is 1. The Hall–Kier alpha value is -5.98. The summed E-state index contributed by atoms with van der Waals surface area (Å²) in [5.74, 6) is -0.974. The van der Waals surface area contributed by atoms with E-state index in [4.69, 9.17) is 31.2 Å². The highest BCUT2D eigenvalue weighted by molar-refractivity contribution is 7.81. The van der Waals surface area contributed by atoms with Crippen LogP contribution in [0.1, 0.15) is 84.2 Å². The van der Waals surface area contributed by atoms with Gasteiger partial charge in [0.25, 0.3) is 5.91 Å². The minimum atomic E-state index is -4.81. The van der Waals surface area contributed by atoms with Crippen molar-refractivity contribution >= 4 is 63.7 Å². The third-order valence-electron chi connectivity index (χ3n) is 12.4. The van der Waals surface area contributed by atoms with E-state index in [1.165, 1.54) is 6.07 Å². The molecule has 0 saturated carbocycles. The third-order valence-corrected chi connectivity index (χ3v) is 13.7. The molecule has 5 atom stereocenters. The zero-order valence-corrected chi connectivity index (χ0v) is 43.6. The molecule has 3 heterocycles. The number of nitriles is 1. The van der Waals surface area contributed by atoms with E-state index in [9.17, 15) is 37.6 Å². The van der Waals surface area contributed by atoms with Gasteiger partial charge < -0.3 is 39.4 Å². The molecule has 0 unspecified atom stereocenters. The molecule has 0 bridgehead atoms. The molecule has 20 heteroatoms. The summed E-state index contributed by atoms with van der Waals surface area (Å²) in [6.07, 6.45) is -5.09. The molecule has 386 valence electrons. The standard InChI is InChI=1S/C52H62F3N7O8S2/c1-31-22-42(46(64)57-25-35-10-12-36(13-11-35)44-34(4)58-30-72-44)60(26-31)47(65)45(50(5,6)7)59-43(63)29-70-33(3)28-69-32(2)27-67-20-21-68-40-18-16-38(17-19-40)62-49(71)61(48(66)51(62,8)9)39-15-14-37(24-56)41(23-39)52(53,54)55/h10-19,23,30-33,42,45H,20-22,25-29H2,1-9H3,(H,57,64)(H,59,63)/t31-,32+,33-,42+,45-/m1/s1. The molecule has 1 aromatic heterocycles. The Morgan fingerprint density at radius 1 is 0.972 bits per heavy atom. The van der Waals surface area contributed by atoms with Crippen LogP contribution in [0.15, 0.2) is 72.2 Å². The Bertz CT molecular complexity index is 2630. The van der Waals surface area contributed by atoms with Gasteiger partial charge in [-0.3, -0.25) is 24.1 Å². The molecule has 3 aromatic carbocycles. The van der Waals surface area contributed by atoms with Crippen LogP contribution in [0.3, 0.4) is 0 Å². The number of nitrogens with zero attached hydrogens (tertiary/aromatic N) is 5. The van der Waals surface area contributed by atoms with E-state index in [1.807, 2.05) is 71.3 Å². The number of alkyl halides is 3. The SMILES string of the molecule is Cc1ncsc1-c1ccc(CNC(=O)[C@@H]2C[C@@H](C)CN2C(=O)[C@@H](NC(=O)CO[C@H](C)CO[C@@H](C)COCCOc2ccc(N3C(=S)N(c4ccc(C#N)c(C(F)(F)F)c4)C(=O)C3(C)C)cc2)C(C)(C)C)cc1. The Labute approximate surface area is 427 Å². The van der Waals surface area contributed by atoms with Crippen molar-refractivity contribution in [2.24, 2.45) is 11.3 Å². The first-order chi connectivity index (χ1) is 33.9. The van der Waals surface area contributed by atoms with Crippen LogP contribution in [0.25, 0.3) is 10.4 Å². The number of thiazole rings is 1. The number of nitrogens with one attached hydrogen (secondary N) is 2. The van der Waals surface area contributed by atoms with E-state index < -0.39 is 58.3 Å². The summed E-state index contributed by atoms with van der Waals surface area (Å²) in [5.41, 5.74) is 1.57. The Morgan fingerprint density at radius 2 is 1.64 bits per heavy atom. The van der Waals surface area contributed by atoms with Gasteiger partial charge in [0.15, 0.2) is 5.11 Å².